The Balaban J connectivity index is 1.57. The Labute approximate surface area is 191 Å². The van der Waals surface area contributed by atoms with Crippen LogP contribution in [0.4, 0.5) is 0 Å². The van der Waals surface area contributed by atoms with Crippen molar-refractivity contribution in [3.63, 3.8) is 0 Å². The Morgan fingerprint density at radius 1 is 1.19 bits per heavy atom. The average Bonchev–Trinajstić information content (AvgIpc) is 3.23. The SMILES string of the molecule is CC1CC=CC=C1c1oc(SCc2cccc(CC(N)C(=O)O)n2)nc1-c1ccccc1. The van der Waals surface area contributed by atoms with Gasteiger partial charge in [-0.3, -0.25) is 9.78 Å². The minimum absolute atomic E-state index is 0.189. The lowest BCUT2D eigenvalue weighted by atomic mass is 9.90. The van der Waals surface area contributed by atoms with E-state index in [1.54, 1.807) is 6.07 Å². The minimum Gasteiger partial charge on any atom is -0.480 e. The molecular formula is C25H25N3O3S. The lowest BCUT2D eigenvalue weighted by Crippen LogP contribution is -2.32. The summed E-state index contributed by atoms with van der Waals surface area (Å²) in [6.07, 6.45) is 7.49. The van der Waals surface area contributed by atoms with Crippen molar-refractivity contribution in [2.45, 2.75) is 36.8 Å². The highest BCUT2D eigenvalue weighted by Crippen LogP contribution is 2.38. The smallest absolute Gasteiger partial charge is 0.320 e. The number of aromatic nitrogens is 2. The third-order valence-electron chi connectivity index (χ3n) is 5.30. The van der Waals surface area contributed by atoms with Crippen LogP contribution < -0.4 is 5.73 Å². The third-order valence-corrected chi connectivity index (χ3v) is 6.17. The lowest BCUT2D eigenvalue weighted by molar-refractivity contribution is -0.138. The van der Waals surface area contributed by atoms with Crippen molar-refractivity contribution in [1.29, 1.82) is 0 Å². The number of rotatable bonds is 8. The molecule has 2 aromatic heterocycles. The van der Waals surface area contributed by atoms with E-state index < -0.39 is 12.0 Å². The molecule has 164 valence electrons. The molecule has 0 bridgehead atoms. The highest BCUT2D eigenvalue weighted by atomic mass is 32.2. The molecule has 1 aliphatic carbocycles. The van der Waals surface area contributed by atoms with E-state index in [-0.39, 0.29) is 6.42 Å². The average molecular weight is 448 g/mol. The number of nitrogens with zero attached hydrogens (tertiary/aromatic N) is 2. The Morgan fingerprint density at radius 2 is 1.97 bits per heavy atom. The first-order chi connectivity index (χ1) is 15.5. The van der Waals surface area contributed by atoms with E-state index in [9.17, 15) is 4.79 Å². The molecule has 3 aromatic rings. The minimum atomic E-state index is -1.03. The fourth-order valence-corrected chi connectivity index (χ4v) is 4.30. The van der Waals surface area contributed by atoms with E-state index in [0.29, 0.717) is 22.6 Å². The molecule has 32 heavy (non-hydrogen) atoms. The van der Waals surface area contributed by atoms with Gasteiger partial charge >= 0.3 is 5.97 Å². The molecule has 1 aliphatic rings. The molecule has 0 spiro atoms. The Bertz CT molecular complexity index is 1150. The number of allylic oxidation sites excluding steroid dienone is 4. The maximum absolute atomic E-state index is 11.0. The zero-order valence-electron chi connectivity index (χ0n) is 17.8. The predicted molar refractivity (Wildman–Crippen MR) is 126 cm³/mol. The van der Waals surface area contributed by atoms with Gasteiger partial charge in [-0.15, -0.1) is 0 Å². The number of hydrogen-bond donors (Lipinski definition) is 2. The van der Waals surface area contributed by atoms with Crippen molar-refractivity contribution in [2.75, 3.05) is 0 Å². The van der Waals surface area contributed by atoms with E-state index in [0.717, 1.165) is 34.7 Å². The number of nitrogens with two attached hydrogens (primary N) is 1. The first kappa shape index (κ1) is 22.0. The second-order valence-corrected chi connectivity index (χ2v) is 8.69. The van der Waals surface area contributed by atoms with Gasteiger partial charge < -0.3 is 15.3 Å². The van der Waals surface area contributed by atoms with E-state index >= 15 is 0 Å². The van der Waals surface area contributed by atoms with Gasteiger partial charge in [0.15, 0.2) is 5.76 Å². The summed E-state index contributed by atoms with van der Waals surface area (Å²) in [6.45, 7) is 2.19. The topological polar surface area (TPSA) is 102 Å². The maximum atomic E-state index is 11.0. The molecule has 0 saturated carbocycles. The van der Waals surface area contributed by atoms with Gasteiger partial charge in [-0.1, -0.05) is 73.3 Å². The van der Waals surface area contributed by atoms with Crippen LogP contribution in [0.5, 0.6) is 0 Å². The fourth-order valence-electron chi connectivity index (χ4n) is 3.57. The van der Waals surface area contributed by atoms with Crippen molar-refractivity contribution >= 4 is 23.3 Å². The maximum Gasteiger partial charge on any atom is 0.320 e. The molecule has 6 nitrogen and oxygen atoms in total. The summed E-state index contributed by atoms with van der Waals surface area (Å²) in [6, 6.07) is 14.6. The monoisotopic (exact) mass is 447 g/mol. The van der Waals surface area contributed by atoms with Crippen LogP contribution >= 0.6 is 11.8 Å². The molecule has 0 fully saturated rings. The number of pyridine rings is 1. The van der Waals surface area contributed by atoms with Gasteiger partial charge in [-0.05, 0) is 24.5 Å². The van der Waals surface area contributed by atoms with Crippen LogP contribution in [0, 0.1) is 5.92 Å². The van der Waals surface area contributed by atoms with E-state index in [2.05, 4.69) is 30.1 Å². The van der Waals surface area contributed by atoms with Crippen molar-refractivity contribution in [3.05, 3.63) is 83.9 Å². The number of thioether (sulfide) groups is 1. The summed E-state index contributed by atoms with van der Waals surface area (Å²) in [7, 11) is 0. The molecule has 3 N–H and O–H groups in total. The van der Waals surface area contributed by atoms with Gasteiger partial charge in [0.05, 0.1) is 5.69 Å². The first-order valence-electron chi connectivity index (χ1n) is 10.5. The number of oxazole rings is 1. The van der Waals surface area contributed by atoms with Crippen LogP contribution in [0.3, 0.4) is 0 Å². The van der Waals surface area contributed by atoms with Crippen LogP contribution in [0.25, 0.3) is 16.8 Å². The number of carboxylic acid groups (broad SMARTS) is 1. The molecule has 7 heteroatoms. The quantitative estimate of drug-likeness (QED) is 0.470. The Hall–Kier alpha value is -3.16. The Kier molecular flexibility index (Phi) is 6.87. The zero-order valence-corrected chi connectivity index (χ0v) is 18.6. The molecule has 0 radical (unpaired) electrons. The third kappa shape index (κ3) is 5.18. The normalized spacial score (nSPS) is 16.6. The van der Waals surface area contributed by atoms with Gasteiger partial charge in [0, 0.05) is 29.0 Å². The zero-order chi connectivity index (χ0) is 22.5. The summed E-state index contributed by atoms with van der Waals surface area (Å²) < 4.78 is 6.25. The van der Waals surface area contributed by atoms with E-state index in [1.165, 1.54) is 11.8 Å². The molecule has 2 heterocycles. The summed E-state index contributed by atoms with van der Waals surface area (Å²) in [5.74, 6) is 0.682. The van der Waals surface area contributed by atoms with Crippen LogP contribution in [-0.2, 0) is 17.0 Å². The first-order valence-corrected chi connectivity index (χ1v) is 11.5. The number of aliphatic carboxylic acids is 1. The van der Waals surface area contributed by atoms with Crippen molar-refractivity contribution in [2.24, 2.45) is 11.7 Å². The van der Waals surface area contributed by atoms with E-state index in [4.69, 9.17) is 20.2 Å². The molecule has 2 atom stereocenters. The molecule has 4 rings (SSSR count). The molecule has 2 unspecified atom stereocenters. The highest BCUT2D eigenvalue weighted by molar-refractivity contribution is 7.98. The number of carbonyl (C=O) groups is 1. The second kappa shape index (κ2) is 9.97. The van der Waals surface area contributed by atoms with Gasteiger partial charge in [-0.25, -0.2) is 4.98 Å². The number of hydrogen-bond acceptors (Lipinski definition) is 6. The van der Waals surface area contributed by atoms with Crippen molar-refractivity contribution in [1.82, 2.24) is 9.97 Å². The molecular weight excluding hydrogens is 422 g/mol. The van der Waals surface area contributed by atoms with Crippen LogP contribution in [0.1, 0.15) is 30.5 Å². The molecule has 1 aromatic carbocycles. The highest BCUT2D eigenvalue weighted by Gasteiger charge is 2.23. The summed E-state index contributed by atoms with van der Waals surface area (Å²) in [5.41, 5.74) is 10.1. The number of carboxylic acids is 1. The molecule has 0 aliphatic heterocycles. The summed E-state index contributed by atoms with van der Waals surface area (Å²) in [4.78, 5) is 20.4. The summed E-state index contributed by atoms with van der Waals surface area (Å²) in [5, 5.41) is 9.61. The Morgan fingerprint density at radius 3 is 2.72 bits per heavy atom. The van der Waals surface area contributed by atoms with Crippen LogP contribution in [0.2, 0.25) is 0 Å². The second-order valence-electron chi connectivity index (χ2n) is 7.77. The standard InChI is InChI=1S/C25H25N3O3S/c1-16-8-5-6-13-20(16)23-22(17-9-3-2-4-10-17)28-25(31-23)32-15-19-12-7-11-18(27-19)14-21(26)24(29)30/h2-7,9-13,16,21H,8,14-15,26H2,1H3,(H,29,30). The summed E-state index contributed by atoms with van der Waals surface area (Å²) >= 11 is 1.47. The van der Waals surface area contributed by atoms with Crippen molar-refractivity contribution in [3.8, 4) is 11.3 Å². The van der Waals surface area contributed by atoms with Gasteiger partial charge in [0.25, 0.3) is 5.22 Å². The van der Waals surface area contributed by atoms with Gasteiger partial charge in [0.1, 0.15) is 11.7 Å². The predicted octanol–water partition coefficient (Wildman–Crippen LogP) is 4.96. The van der Waals surface area contributed by atoms with Gasteiger partial charge in [-0.2, -0.15) is 0 Å². The fraction of sp³-hybridized carbons (Fsp3) is 0.240. The lowest BCUT2D eigenvalue weighted by Gasteiger charge is -2.15. The molecule has 0 saturated heterocycles. The molecule has 0 amide bonds. The van der Waals surface area contributed by atoms with Gasteiger partial charge in [0.2, 0.25) is 0 Å². The van der Waals surface area contributed by atoms with Crippen LogP contribution in [0.15, 0.2) is 76.4 Å². The number of benzene rings is 1. The largest absolute Gasteiger partial charge is 0.480 e. The van der Waals surface area contributed by atoms with E-state index in [1.807, 2.05) is 42.5 Å². The van der Waals surface area contributed by atoms with Crippen LogP contribution in [-0.4, -0.2) is 27.1 Å². The van der Waals surface area contributed by atoms with Crippen molar-refractivity contribution < 1.29 is 14.3 Å².